The van der Waals surface area contributed by atoms with Crippen molar-refractivity contribution in [3.05, 3.63) is 17.6 Å². The standard InChI is InChI=1S/C12H19ClN2O3S/c1-3-14-4-6-15(7-5-14)19(16,17)12-8-11(9-13)18-10(12)2/h8H,3-7,9H2,1-2H3. The van der Waals surface area contributed by atoms with E-state index in [9.17, 15) is 8.42 Å². The van der Waals surface area contributed by atoms with Crippen molar-refractivity contribution < 1.29 is 12.8 Å². The number of rotatable bonds is 4. The molecule has 108 valence electrons. The van der Waals surface area contributed by atoms with Crippen molar-refractivity contribution in [1.29, 1.82) is 0 Å². The minimum absolute atomic E-state index is 0.181. The molecule has 0 bridgehead atoms. The van der Waals surface area contributed by atoms with Gasteiger partial charge in [-0.2, -0.15) is 4.31 Å². The van der Waals surface area contributed by atoms with Crippen molar-refractivity contribution in [3.63, 3.8) is 0 Å². The summed E-state index contributed by atoms with van der Waals surface area (Å²) >= 11 is 5.68. The number of halogens is 1. The van der Waals surface area contributed by atoms with Crippen LogP contribution in [-0.2, 0) is 15.9 Å². The van der Waals surface area contributed by atoms with E-state index >= 15 is 0 Å². The summed E-state index contributed by atoms with van der Waals surface area (Å²) in [6.45, 7) is 7.29. The van der Waals surface area contributed by atoms with Gasteiger partial charge in [0.2, 0.25) is 10.0 Å². The van der Waals surface area contributed by atoms with Gasteiger partial charge in [0.1, 0.15) is 16.4 Å². The molecule has 1 aromatic heterocycles. The van der Waals surface area contributed by atoms with E-state index in [2.05, 4.69) is 11.8 Å². The van der Waals surface area contributed by atoms with Crippen molar-refractivity contribution in [2.45, 2.75) is 24.6 Å². The number of nitrogens with zero attached hydrogens (tertiary/aromatic N) is 2. The molecule has 1 aromatic rings. The first-order valence-electron chi connectivity index (χ1n) is 6.36. The lowest BCUT2D eigenvalue weighted by molar-refractivity contribution is 0.196. The minimum Gasteiger partial charge on any atom is -0.464 e. The maximum atomic E-state index is 12.5. The molecule has 0 saturated carbocycles. The average molecular weight is 307 g/mol. The lowest BCUT2D eigenvalue weighted by atomic mass is 10.4. The highest BCUT2D eigenvalue weighted by Crippen LogP contribution is 2.25. The van der Waals surface area contributed by atoms with Crippen LogP contribution in [0.4, 0.5) is 0 Å². The number of aryl methyl sites for hydroxylation is 1. The Morgan fingerprint density at radius 2 is 1.95 bits per heavy atom. The van der Waals surface area contributed by atoms with E-state index in [0.29, 0.717) is 24.6 Å². The number of alkyl halides is 1. The Balaban J connectivity index is 2.20. The Bertz CT molecular complexity index is 533. The fourth-order valence-electron chi connectivity index (χ4n) is 2.27. The van der Waals surface area contributed by atoms with Gasteiger partial charge in [0.25, 0.3) is 0 Å². The molecule has 2 heterocycles. The molecule has 1 fully saturated rings. The van der Waals surface area contributed by atoms with Crippen LogP contribution in [-0.4, -0.2) is 50.3 Å². The molecular formula is C12H19ClN2O3S. The van der Waals surface area contributed by atoms with Crippen molar-refractivity contribution in [1.82, 2.24) is 9.21 Å². The molecule has 5 nitrogen and oxygen atoms in total. The second-order valence-electron chi connectivity index (χ2n) is 4.61. The molecule has 0 radical (unpaired) electrons. The summed E-state index contributed by atoms with van der Waals surface area (Å²) < 4.78 is 31.9. The number of likely N-dealkylation sites (N-methyl/N-ethyl adjacent to an activating group) is 1. The molecule has 1 aliphatic rings. The summed E-state index contributed by atoms with van der Waals surface area (Å²) in [6.07, 6.45) is 0. The molecule has 0 aliphatic carbocycles. The molecule has 19 heavy (non-hydrogen) atoms. The third kappa shape index (κ3) is 2.97. The largest absolute Gasteiger partial charge is 0.464 e. The van der Waals surface area contributed by atoms with Gasteiger partial charge in [-0.05, 0) is 13.5 Å². The highest BCUT2D eigenvalue weighted by molar-refractivity contribution is 7.89. The zero-order valence-corrected chi connectivity index (χ0v) is 12.8. The van der Waals surface area contributed by atoms with Gasteiger partial charge in [-0.1, -0.05) is 6.92 Å². The lowest BCUT2D eigenvalue weighted by Gasteiger charge is -2.33. The van der Waals surface area contributed by atoms with Crippen LogP contribution in [0.15, 0.2) is 15.4 Å². The Kier molecular flexibility index (Phi) is 4.55. The summed E-state index contributed by atoms with van der Waals surface area (Å²) in [5.74, 6) is 1.08. The fourth-order valence-corrected chi connectivity index (χ4v) is 4.01. The number of piperazine rings is 1. The molecular weight excluding hydrogens is 288 g/mol. The highest BCUT2D eigenvalue weighted by atomic mass is 35.5. The predicted molar refractivity (Wildman–Crippen MR) is 73.9 cm³/mol. The van der Waals surface area contributed by atoms with Crippen LogP contribution < -0.4 is 0 Å². The van der Waals surface area contributed by atoms with E-state index in [1.165, 1.54) is 10.4 Å². The van der Waals surface area contributed by atoms with Crippen LogP contribution in [0.3, 0.4) is 0 Å². The zero-order valence-electron chi connectivity index (χ0n) is 11.2. The third-order valence-corrected chi connectivity index (χ3v) is 5.72. The maximum absolute atomic E-state index is 12.5. The van der Waals surface area contributed by atoms with Gasteiger partial charge in [-0.15, -0.1) is 11.6 Å². The first-order chi connectivity index (χ1) is 8.98. The quantitative estimate of drug-likeness (QED) is 0.794. The average Bonchev–Trinajstić information content (AvgIpc) is 2.81. The predicted octanol–water partition coefficient (Wildman–Crippen LogP) is 1.65. The van der Waals surface area contributed by atoms with Gasteiger partial charge in [0, 0.05) is 32.2 Å². The molecule has 0 amide bonds. The summed E-state index contributed by atoms with van der Waals surface area (Å²) in [5.41, 5.74) is 0. The van der Waals surface area contributed by atoms with Crippen LogP contribution in [0, 0.1) is 6.92 Å². The number of hydrogen-bond acceptors (Lipinski definition) is 4. The summed E-state index contributed by atoms with van der Waals surface area (Å²) in [4.78, 5) is 2.48. The van der Waals surface area contributed by atoms with Gasteiger partial charge in [0.05, 0.1) is 5.88 Å². The molecule has 1 saturated heterocycles. The van der Waals surface area contributed by atoms with E-state index in [4.69, 9.17) is 16.0 Å². The number of hydrogen-bond donors (Lipinski definition) is 0. The smallest absolute Gasteiger partial charge is 0.246 e. The maximum Gasteiger partial charge on any atom is 0.246 e. The molecule has 0 atom stereocenters. The molecule has 2 rings (SSSR count). The Morgan fingerprint density at radius 3 is 2.42 bits per heavy atom. The molecule has 0 spiro atoms. The van der Waals surface area contributed by atoms with Crippen molar-refractivity contribution in [2.24, 2.45) is 0 Å². The second kappa shape index (κ2) is 5.83. The van der Waals surface area contributed by atoms with E-state index in [-0.39, 0.29) is 10.8 Å². The van der Waals surface area contributed by atoms with E-state index in [0.717, 1.165) is 19.6 Å². The van der Waals surface area contributed by atoms with E-state index < -0.39 is 10.0 Å². The van der Waals surface area contributed by atoms with Crippen LogP contribution in [0.5, 0.6) is 0 Å². The van der Waals surface area contributed by atoms with Gasteiger partial charge in [-0.25, -0.2) is 8.42 Å². The first kappa shape index (κ1) is 14.8. The Labute approximate surface area is 119 Å². The van der Waals surface area contributed by atoms with Gasteiger partial charge in [0.15, 0.2) is 0 Å². The van der Waals surface area contributed by atoms with E-state index in [1.807, 2.05) is 0 Å². The SMILES string of the molecule is CCN1CCN(S(=O)(=O)c2cc(CCl)oc2C)CC1. The molecule has 7 heteroatoms. The minimum atomic E-state index is -3.46. The Morgan fingerprint density at radius 1 is 1.32 bits per heavy atom. The van der Waals surface area contributed by atoms with Crippen LogP contribution in [0.25, 0.3) is 0 Å². The van der Waals surface area contributed by atoms with Gasteiger partial charge < -0.3 is 9.32 Å². The lowest BCUT2D eigenvalue weighted by Crippen LogP contribution is -2.48. The molecule has 0 N–H and O–H groups in total. The summed E-state index contributed by atoms with van der Waals surface area (Å²) in [6, 6.07) is 1.53. The van der Waals surface area contributed by atoms with Gasteiger partial charge >= 0.3 is 0 Å². The van der Waals surface area contributed by atoms with E-state index in [1.54, 1.807) is 6.92 Å². The topological polar surface area (TPSA) is 53.8 Å². The highest BCUT2D eigenvalue weighted by Gasteiger charge is 2.31. The van der Waals surface area contributed by atoms with Crippen molar-refractivity contribution in [3.8, 4) is 0 Å². The summed E-state index contributed by atoms with van der Waals surface area (Å²) in [7, 11) is -3.46. The second-order valence-corrected chi connectivity index (χ2v) is 6.78. The zero-order chi connectivity index (χ0) is 14.0. The van der Waals surface area contributed by atoms with Crippen molar-refractivity contribution >= 4 is 21.6 Å². The number of furan rings is 1. The van der Waals surface area contributed by atoms with Gasteiger partial charge in [-0.3, -0.25) is 0 Å². The van der Waals surface area contributed by atoms with Crippen molar-refractivity contribution in [2.75, 3.05) is 32.7 Å². The normalized spacial score (nSPS) is 18.9. The molecule has 0 unspecified atom stereocenters. The molecule has 1 aliphatic heterocycles. The number of sulfonamides is 1. The monoisotopic (exact) mass is 306 g/mol. The third-order valence-electron chi connectivity index (χ3n) is 3.45. The van der Waals surface area contributed by atoms with Crippen LogP contribution in [0.2, 0.25) is 0 Å². The van der Waals surface area contributed by atoms with Crippen LogP contribution in [0.1, 0.15) is 18.4 Å². The fraction of sp³-hybridized carbons (Fsp3) is 0.667. The summed E-state index contributed by atoms with van der Waals surface area (Å²) in [5, 5.41) is 0. The first-order valence-corrected chi connectivity index (χ1v) is 8.34. The Hall–Kier alpha value is -0.560. The van der Waals surface area contributed by atoms with Crippen LogP contribution >= 0.6 is 11.6 Å². The molecule has 0 aromatic carbocycles.